The number of carbonyl (C=O) groups excluding carboxylic acids is 2. The Hall–Kier alpha value is -5.58. The molecule has 2 saturated heterocycles. The second kappa shape index (κ2) is 21.4. The first kappa shape index (κ1) is 47.5. The highest BCUT2D eigenvalue weighted by Crippen LogP contribution is 2.35. The number of hydrogen-bond donors (Lipinski definition) is 1. The van der Waals surface area contributed by atoms with Gasteiger partial charge in [-0.05, 0) is 140 Å². The van der Waals surface area contributed by atoms with Crippen molar-refractivity contribution in [1.82, 2.24) is 29.2 Å². The molecule has 0 aliphatic carbocycles. The van der Waals surface area contributed by atoms with Crippen LogP contribution in [-0.2, 0) is 39.0 Å². The lowest BCUT2D eigenvalue weighted by atomic mass is 9.98. The maximum Gasteiger partial charge on any atom is 0.253 e. The first-order valence-electron chi connectivity index (χ1n) is 25.8. The molecule has 2 aromatic heterocycles. The highest BCUT2D eigenvalue weighted by atomic mass is 16.5. The molecule has 0 unspecified atom stereocenters. The molecule has 6 heterocycles. The van der Waals surface area contributed by atoms with Crippen molar-refractivity contribution in [3.8, 4) is 11.5 Å². The average Bonchev–Trinajstić information content (AvgIpc) is 3.83. The Kier molecular flexibility index (Phi) is 14.9. The summed E-state index contributed by atoms with van der Waals surface area (Å²) >= 11 is 0. The van der Waals surface area contributed by atoms with Crippen molar-refractivity contribution in [2.75, 3.05) is 59.0 Å². The number of piperidine rings is 2. The molecule has 68 heavy (non-hydrogen) atoms. The van der Waals surface area contributed by atoms with Gasteiger partial charge in [0.1, 0.15) is 11.5 Å². The molecule has 10 heteroatoms. The summed E-state index contributed by atoms with van der Waals surface area (Å²) in [5, 5.41) is 5.99. The third kappa shape index (κ3) is 10.5. The largest absolute Gasteiger partial charge is 0.494 e. The molecule has 2 fully saturated rings. The zero-order valence-electron chi connectivity index (χ0n) is 41.6. The van der Waals surface area contributed by atoms with E-state index in [1.165, 1.54) is 55.4 Å². The lowest BCUT2D eigenvalue weighted by Crippen LogP contribution is -2.37. The van der Waals surface area contributed by atoms with Gasteiger partial charge < -0.3 is 33.7 Å². The van der Waals surface area contributed by atoms with Crippen LogP contribution in [0.15, 0.2) is 84.9 Å². The molecule has 10 rings (SSSR count). The van der Waals surface area contributed by atoms with Gasteiger partial charge in [0.05, 0.1) is 13.2 Å². The number of rotatable bonds is 12. The lowest BCUT2D eigenvalue weighted by molar-refractivity contribution is 0.0689. The number of aromatic nitrogens is 2. The molecule has 10 nitrogen and oxygen atoms in total. The number of carbonyl (C=O) groups is 2. The Morgan fingerprint density at radius 1 is 0.618 bits per heavy atom. The van der Waals surface area contributed by atoms with Gasteiger partial charge in [0, 0.05) is 129 Å². The predicted octanol–water partition coefficient (Wildman–Crippen LogP) is 10.6. The van der Waals surface area contributed by atoms with Crippen LogP contribution in [0.1, 0.15) is 122 Å². The highest BCUT2D eigenvalue weighted by Gasteiger charge is 2.28. The Labute approximate surface area is 404 Å². The number of nitrogens with zero attached hydrogens (tertiary/aromatic N) is 5. The minimum Gasteiger partial charge on any atom is -0.494 e. The molecule has 2 amide bonds. The number of amides is 2. The molecule has 0 radical (unpaired) electrons. The minimum atomic E-state index is 0.176. The number of hydrogen-bond acceptors (Lipinski definition) is 6. The summed E-state index contributed by atoms with van der Waals surface area (Å²) in [6, 6.07) is 29.6. The molecule has 0 saturated carbocycles. The van der Waals surface area contributed by atoms with E-state index in [0.717, 1.165) is 139 Å². The first-order chi connectivity index (χ1) is 33.1. The van der Waals surface area contributed by atoms with Crippen molar-refractivity contribution in [3.05, 3.63) is 130 Å². The first-order valence-corrected chi connectivity index (χ1v) is 25.8. The van der Waals surface area contributed by atoms with Gasteiger partial charge in [0.2, 0.25) is 0 Å². The van der Waals surface area contributed by atoms with Crippen molar-refractivity contribution >= 4 is 33.6 Å². The number of likely N-dealkylation sites (tertiary alicyclic amines) is 2. The third-order valence-electron chi connectivity index (χ3n) is 14.9. The normalized spacial score (nSPS) is 17.0. The van der Waals surface area contributed by atoms with E-state index in [4.69, 9.17) is 9.47 Å². The maximum absolute atomic E-state index is 13.4. The van der Waals surface area contributed by atoms with Crippen LogP contribution in [0, 0.1) is 17.8 Å². The lowest BCUT2D eigenvalue weighted by Gasteiger charge is -2.30. The van der Waals surface area contributed by atoms with Crippen LogP contribution in [0.2, 0.25) is 0 Å². The van der Waals surface area contributed by atoms with Crippen LogP contribution in [-0.4, -0.2) is 94.7 Å². The van der Waals surface area contributed by atoms with Crippen molar-refractivity contribution in [1.29, 1.82) is 0 Å². The molecule has 4 aliphatic heterocycles. The van der Waals surface area contributed by atoms with E-state index in [0.29, 0.717) is 25.0 Å². The summed E-state index contributed by atoms with van der Waals surface area (Å²) in [4.78, 5) is 33.3. The summed E-state index contributed by atoms with van der Waals surface area (Å²) in [6.07, 6.45) is 6.46. The van der Waals surface area contributed by atoms with Gasteiger partial charge in [-0.25, -0.2) is 0 Å². The fraction of sp³-hybridized carbons (Fsp3) is 0.483. The van der Waals surface area contributed by atoms with E-state index in [9.17, 15) is 9.59 Å². The Bertz CT molecular complexity index is 2680. The Morgan fingerprint density at radius 2 is 1.09 bits per heavy atom. The van der Waals surface area contributed by atoms with Gasteiger partial charge in [0.25, 0.3) is 11.8 Å². The van der Waals surface area contributed by atoms with Gasteiger partial charge >= 0.3 is 0 Å². The van der Waals surface area contributed by atoms with E-state index < -0.39 is 0 Å². The zero-order chi connectivity index (χ0) is 47.3. The quantitative estimate of drug-likeness (QED) is 0.132. The van der Waals surface area contributed by atoms with Crippen LogP contribution < -0.4 is 14.8 Å². The topological polar surface area (TPSA) is 84.2 Å². The summed E-state index contributed by atoms with van der Waals surface area (Å²) in [5.74, 6) is 4.27. The van der Waals surface area contributed by atoms with Crippen LogP contribution in [0.25, 0.3) is 21.8 Å². The van der Waals surface area contributed by atoms with Gasteiger partial charge in [-0.3, -0.25) is 14.5 Å². The summed E-state index contributed by atoms with van der Waals surface area (Å²) in [6.45, 7) is 24.7. The van der Waals surface area contributed by atoms with Crippen molar-refractivity contribution < 1.29 is 19.1 Å². The van der Waals surface area contributed by atoms with Crippen molar-refractivity contribution in [2.24, 2.45) is 17.8 Å². The molecule has 4 aliphatic rings. The van der Waals surface area contributed by atoms with E-state index in [2.05, 4.69) is 131 Å². The number of benzene rings is 4. The van der Waals surface area contributed by atoms with Gasteiger partial charge in [-0.1, -0.05) is 52.0 Å². The zero-order valence-corrected chi connectivity index (χ0v) is 41.6. The highest BCUT2D eigenvalue weighted by molar-refractivity contribution is 6.00. The average molecular weight is 919 g/mol. The van der Waals surface area contributed by atoms with Crippen molar-refractivity contribution in [2.45, 2.75) is 106 Å². The monoisotopic (exact) mass is 919 g/mol. The SMILES string of the molecule is CCOc1ccc(Cn2c3c(c4cc(C(=O)N5CCC(C)CC5)ccc42)CN(CC(C)C)CC3)cc1.CCOc1ccc(Cn2c3c(c4cc(C(=O)N5CCC(C)CC5)ccc42)CNCC3)cc1. The molecule has 0 bridgehead atoms. The number of nitrogens with one attached hydrogen (secondary N) is 1. The smallest absolute Gasteiger partial charge is 0.253 e. The van der Waals surface area contributed by atoms with Crippen LogP contribution in [0.4, 0.5) is 0 Å². The molecule has 6 aromatic rings. The molecular weight excluding hydrogens is 845 g/mol. The van der Waals surface area contributed by atoms with Crippen LogP contribution in [0.3, 0.4) is 0 Å². The molecule has 360 valence electrons. The standard InChI is InChI=1S/C31H41N3O2.C27H33N3O2/c1-5-36-26-9-6-24(7-10-26)20-34-29-11-8-25(31(35)33-16-12-23(4)13-17-33)18-27(29)28-21-32(19-22(2)3)15-14-30(28)34;1-3-32-22-7-4-20(5-8-22)18-30-25-9-6-21(27(31)29-14-11-19(2)12-15-29)16-23(25)24-17-28-13-10-26(24)30/h6-11,18,22-23H,5,12-17,19-21H2,1-4H3;4-9,16,19,28H,3,10-15,17-18H2,1-2H3. The third-order valence-corrected chi connectivity index (χ3v) is 14.9. The van der Waals surface area contributed by atoms with E-state index in [1.54, 1.807) is 0 Å². The molecule has 1 N–H and O–H groups in total. The molecular formula is C58H74N6O4. The van der Waals surface area contributed by atoms with Crippen LogP contribution >= 0.6 is 0 Å². The minimum absolute atomic E-state index is 0.176. The summed E-state index contributed by atoms with van der Waals surface area (Å²) in [7, 11) is 0. The molecule has 4 aromatic carbocycles. The van der Waals surface area contributed by atoms with Gasteiger partial charge in [-0.2, -0.15) is 0 Å². The van der Waals surface area contributed by atoms with Gasteiger partial charge in [0.15, 0.2) is 0 Å². The Morgan fingerprint density at radius 3 is 1.56 bits per heavy atom. The molecule has 0 spiro atoms. The second-order valence-electron chi connectivity index (χ2n) is 20.4. The fourth-order valence-corrected chi connectivity index (χ4v) is 11.1. The van der Waals surface area contributed by atoms with Crippen molar-refractivity contribution in [3.63, 3.8) is 0 Å². The van der Waals surface area contributed by atoms with Crippen LogP contribution in [0.5, 0.6) is 11.5 Å². The maximum atomic E-state index is 13.4. The second-order valence-corrected chi connectivity index (χ2v) is 20.4. The summed E-state index contributed by atoms with van der Waals surface area (Å²) in [5.41, 5.74) is 12.2. The van der Waals surface area contributed by atoms with E-state index >= 15 is 0 Å². The van der Waals surface area contributed by atoms with E-state index in [-0.39, 0.29) is 11.8 Å². The van der Waals surface area contributed by atoms with Gasteiger partial charge in [-0.15, -0.1) is 0 Å². The number of fused-ring (bicyclic) bond motifs is 6. The fourth-order valence-electron chi connectivity index (χ4n) is 11.1. The van der Waals surface area contributed by atoms with E-state index in [1.807, 2.05) is 24.8 Å². The predicted molar refractivity (Wildman–Crippen MR) is 275 cm³/mol. The number of ether oxygens (including phenoxy) is 2. The molecule has 0 atom stereocenters. The summed E-state index contributed by atoms with van der Waals surface area (Å²) < 4.78 is 16.2. The Balaban J connectivity index is 0.000000171.